The van der Waals surface area contributed by atoms with Crippen molar-refractivity contribution in [2.45, 2.75) is 13.0 Å². The Balaban J connectivity index is 1.81. The molecule has 2 heterocycles. The molecule has 0 unspecified atom stereocenters. The van der Waals surface area contributed by atoms with Gasteiger partial charge in [-0.05, 0) is 5.56 Å². The van der Waals surface area contributed by atoms with E-state index in [2.05, 4.69) is 16.7 Å². The van der Waals surface area contributed by atoms with Crippen LogP contribution in [0.4, 0.5) is 0 Å². The first kappa shape index (κ1) is 14.1. The molecule has 3 aromatic rings. The Bertz CT molecular complexity index is 827. The summed E-state index contributed by atoms with van der Waals surface area (Å²) in [5.41, 5.74) is 3.03. The molecule has 118 valence electrons. The molecule has 0 amide bonds. The molecule has 0 radical (unpaired) electrons. The number of aliphatic hydroxyl groups excluding tert-OH is 1. The van der Waals surface area contributed by atoms with E-state index in [-0.39, 0.29) is 6.61 Å². The molecule has 0 aliphatic carbocycles. The van der Waals surface area contributed by atoms with Crippen LogP contribution < -0.4 is 9.47 Å². The molecule has 1 aliphatic heterocycles. The van der Waals surface area contributed by atoms with E-state index in [4.69, 9.17) is 14.5 Å². The lowest BCUT2D eigenvalue weighted by atomic mass is 10.1. The molecule has 0 bridgehead atoms. The first-order valence-corrected chi connectivity index (χ1v) is 7.78. The van der Waals surface area contributed by atoms with Crippen molar-refractivity contribution in [3.8, 4) is 11.5 Å². The fourth-order valence-electron chi connectivity index (χ4n) is 2.97. The lowest BCUT2D eigenvalue weighted by Crippen LogP contribution is -2.15. The van der Waals surface area contributed by atoms with Gasteiger partial charge in [-0.15, -0.1) is 0 Å². The Hall–Kier alpha value is -2.53. The third-order valence-corrected chi connectivity index (χ3v) is 4.02. The number of nitrogens with zero attached hydrogens (tertiary/aromatic N) is 2. The van der Waals surface area contributed by atoms with Crippen LogP contribution in [0.2, 0.25) is 0 Å². The maximum Gasteiger partial charge on any atom is 0.163 e. The standard InChI is InChI=1S/C18H18N2O3/c21-7-6-20-15-12-17-16(22-8-9-23-17)11-14(15)19-18(20)10-13-4-2-1-3-5-13/h1-5,11-12,21H,6-10H2. The van der Waals surface area contributed by atoms with Crippen molar-refractivity contribution in [1.29, 1.82) is 0 Å². The second kappa shape index (κ2) is 5.93. The summed E-state index contributed by atoms with van der Waals surface area (Å²) >= 11 is 0. The highest BCUT2D eigenvalue weighted by Gasteiger charge is 2.18. The zero-order valence-electron chi connectivity index (χ0n) is 12.7. The Morgan fingerprint density at radius 1 is 1.04 bits per heavy atom. The molecule has 0 saturated carbocycles. The molecule has 1 aromatic heterocycles. The maximum absolute atomic E-state index is 9.42. The van der Waals surface area contributed by atoms with Gasteiger partial charge < -0.3 is 19.1 Å². The predicted molar refractivity (Wildman–Crippen MR) is 87.1 cm³/mol. The average molecular weight is 310 g/mol. The van der Waals surface area contributed by atoms with E-state index in [1.807, 2.05) is 30.3 Å². The molecule has 0 fully saturated rings. The zero-order valence-corrected chi connectivity index (χ0v) is 12.7. The summed E-state index contributed by atoms with van der Waals surface area (Å²) in [6, 6.07) is 14.1. The smallest absolute Gasteiger partial charge is 0.163 e. The fourth-order valence-corrected chi connectivity index (χ4v) is 2.97. The van der Waals surface area contributed by atoms with Gasteiger partial charge >= 0.3 is 0 Å². The number of fused-ring (bicyclic) bond motifs is 2. The van der Waals surface area contributed by atoms with Crippen molar-refractivity contribution < 1.29 is 14.6 Å². The molecule has 1 N–H and O–H groups in total. The van der Waals surface area contributed by atoms with Gasteiger partial charge in [-0.3, -0.25) is 0 Å². The summed E-state index contributed by atoms with van der Waals surface area (Å²) in [5.74, 6) is 2.42. The van der Waals surface area contributed by atoms with Gasteiger partial charge in [0.2, 0.25) is 0 Å². The van der Waals surface area contributed by atoms with Crippen LogP contribution >= 0.6 is 0 Å². The molecule has 0 saturated heterocycles. The van der Waals surface area contributed by atoms with E-state index in [9.17, 15) is 5.11 Å². The van der Waals surface area contributed by atoms with Crippen LogP contribution in [0.15, 0.2) is 42.5 Å². The van der Waals surface area contributed by atoms with E-state index in [1.165, 1.54) is 5.56 Å². The quantitative estimate of drug-likeness (QED) is 0.804. The number of hydrogen-bond donors (Lipinski definition) is 1. The molecule has 0 atom stereocenters. The van der Waals surface area contributed by atoms with Crippen LogP contribution in [-0.2, 0) is 13.0 Å². The topological polar surface area (TPSA) is 56.5 Å². The van der Waals surface area contributed by atoms with Gasteiger partial charge in [-0.2, -0.15) is 0 Å². The first-order chi connectivity index (χ1) is 11.3. The van der Waals surface area contributed by atoms with Gasteiger partial charge in [-0.1, -0.05) is 30.3 Å². The van der Waals surface area contributed by atoms with E-state index in [1.54, 1.807) is 0 Å². The van der Waals surface area contributed by atoms with Gasteiger partial charge in [-0.25, -0.2) is 4.98 Å². The fraction of sp³-hybridized carbons (Fsp3) is 0.278. The largest absolute Gasteiger partial charge is 0.486 e. The SMILES string of the molecule is OCCn1c(Cc2ccccc2)nc2cc3c(cc21)OCCO3. The number of aromatic nitrogens is 2. The molecule has 4 rings (SSSR count). The van der Waals surface area contributed by atoms with Crippen LogP contribution in [0, 0.1) is 0 Å². The Labute approximate surface area is 134 Å². The monoisotopic (exact) mass is 310 g/mol. The van der Waals surface area contributed by atoms with Gasteiger partial charge in [0.1, 0.15) is 19.0 Å². The second-order valence-electron chi connectivity index (χ2n) is 5.55. The second-order valence-corrected chi connectivity index (χ2v) is 5.55. The number of benzene rings is 2. The lowest BCUT2D eigenvalue weighted by molar-refractivity contribution is 0.172. The van der Waals surface area contributed by atoms with E-state index >= 15 is 0 Å². The Morgan fingerprint density at radius 2 is 1.78 bits per heavy atom. The highest BCUT2D eigenvalue weighted by atomic mass is 16.6. The summed E-state index contributed by atoms with van der Waals surface area (Å²) in [7, 11) is 0. The number of imidazole rings is 1. The van der Waals surface area contributed by atoms with Crippen LogP contribution in [0.3, 0.4) is 0 Å². The summed E-state index contributed by atoms with van der Waals surface area (Å²) in [5, 5.41) is 9.42. The summed E-state index contributed by atoms with van der Waals surface area (Å²) in [6.45, 7) is 1.70. The van der Waals surface area contributed by atoms with Gasteiger partial charge in [0.25, 0.3) is 0 Å². The van der Waals surface area contributed by atoms with E-state index in [0.717, 1.165) is 34.8 Å². The van der Waals surface area contributed by atoms with Crippen molar-refractivity contribution in [3.05, 3.63) is 53.9 Å². The zero-order chi connectivity index (χ0) is 15.6. The van der Waals surface area contributed by atoms with Crippen molar-refractivity contribution in [1.82, 2.24) is 9.55 Å². The molecule has 0 spiro atoms. The predicted octanol–water partition coefficient (Wildman–Crippen LogP) is 2.39. The summed E-state index contributed by atoms with van der Waals surface area (Å²) in [4.78, 5) is 4.75. The molecule has 23 heavy (non-hydrogen) atoms. The number of ether oxygens (including phenoxy) is 2. The van der Waals surface area contributed by atoms with Crippen LogP contribution in [-0.4, -0.2) is 34.5 Å². The highest BCUT2D eigenvalue weighted by molar-refractivity contribution is 5.81. The summed E-state index contributed by atoms with van der Waals surface area (Å²) in [6.07, 6.45) is 0.724. The Morgan fingerprint density at radius 3 is 2.52 bits per heavy atom. The maximum atomic E-state index is 9.42. The normalized spacial score (nSPS) is 13.4. The molecule has 5 nitrogen and oxygen atoms in total. The first-order valence-electron chi connectivity index (χ1n) is 7.78. The molecule has 5 heteroatoms. The Kier molecular flexibility index (Phi) is 3.63. The van der Waals surface area contributed by atoms with Gasteiger partial charge in [0.05, 0.1) is 17.6 Å². The minimum atomic E-state index is 0.0711. The van der Waals surface area contributed by atoms with Crippen molar-refractivity contribution in [2.24, 2.45) is 0 Å². The van der Waals surface area contributed by atoms with Crippen molar-refractivity contribution >= 4 is 11.0 Å². The van der Waals surface area contributed by atoms with Gasteiger partial charge in [0, 0.05) is 25.1 Å². The average Bonchev–Trinajstić information content (AvgIpc) is 2.91. The molecule has 2 aromatic carbocycles. The highest BCUT2D eigenvalue weighted by Crippen LogP contribution is 2.35. The molecule has 1 aliphatic rings. The minimum absolute atomic E-state index is 0.0711. The van der Waals surface area contributed by atoms with Crippen LogP contribution in [0.25, 0.3) is 11.0 Å². The van der Waals surface area contributed by atoms with Crippen molar-refractivity contribution in [2.75, 3.05) is 19.8 Å². The van der Waals surface area contributed by atoms with Gasteiger partial charge in [0.15, 0.2) is 11.5 Å². The lowest BCUT2D eigenvalue weighted by Gasteiger charge is -2.18. The molecular formula is C18H18N2O3. The minimum Gasteiger partial charge on any atom is -0.486 e. The molecular weight excluding hydrogens is 292 g/mol. The summed E-state index contributed by atoms with van der Waals surface area (Å²) < 4.78 is 13.4. The van der Waals surface area contributed by atoms with E-state index in [0.29, 0.717) is 19.8 Å². The van der Waals surface area contributed by atoms with Crippen molar-refractivity contribution in [3.63, 3.8) is 0 Å². The number of hydrogen-bond acceptors (Lipinski definition) is 4. The van der Waals surface area contributed by atoms with Crippen LogP contribution in [0.5, 0.6) is 11.5 Å². The number of aliphatic hydroxyl groups is 1. The third-order valence-electron chi connectivity index (χ3n) is 4.02. The number of rotatable bonds is 4. The van der Waals surface area contributed by atoms with Crippen LogP contribution in [0.1, 0.15) is 11.4 Å². The van der Waals surface area contributed by atoms with E-state index < -0.39 is 0 Å². The third kappa shape index (κ3) is 2.64.